The molecule has 1 heterocycles. The number of carbonyl (C=O) groups excluding carboxylic acids is 1. The molecule has 4 rings (SSSR count). The van der Waals surface area contributed by atoms with Crippen LogP contribution in [0.25, 0.3) is 23.0 Å². The normalized spacial score (nSPS) is 12.0. The Bertz CT molecular complexity index is 1420. The lowest BCUT2D eigenvalue weighted by Gasteiger charge is -2.13. The molecule has 0 saturated heterocycles. The molecule has 0 aliphatic rings. The number of amides is 1. The van der Waals surface area contributed by atoms with Crippen LogP contribution < -0.4 is 10.1 Å². The SMILES string of the molecule is CCCCCCOc1ccc(-c2nn(-c3ccccc3)cc2/C=C(\C#N)C(=O)NC(C)c2ccccc2)cc1. The van der Waals surface area contributed by atoms with Crippen LogP contribution in [0.15, 0.2) is 96.7 Å². The summed E-state index contributed by atoms with van der Waals surface area (Å²) in [5.41, 5.74) is 4.07. The highest BCUT2D eigenvalue weighted by Crippen LogP contribution is 2.28. The third kappa shape index (κ3) is 7.45. The lowest BCUT2D eigenvalue weighted by molar-refractivity contribution is -0.117. The molecule has 1 aromatic heterocycles. The maximum Gasteiger partial charge on any atom is 0.262 e. The van der Waals surface area contributed by atoms with E-state index >= 15 is 0 Å². The Balaban J connectivity index is 1.60. The van der Waals surface area contributed by atoms with Gasteiger partial charge in [-0.2, -0.15) is 10.4 Å². The molecule has 1 atom stereocenters. The van der Waals surface area contributed by atoms with Gasteiger partial charge in [0.05, 0.1) is 24.0 Å². The first-order chi connectivity index (χ1) is 19.1. The van der Waals surface area contributed by atoms with Gasteiger partial charge in [0.25, 0.3) is 5.91 Å². The minimum atomic E-state index is -0.431. The summed E-state index contributed by atoms with van der Waals surface area (Å²) in [4.78, 5) is 13.1. The van der Waals surface area contributed by atoms with Crippen molar-refractivity contribution in [2.75, 3.05) is 6.61 Å². The van der Waals surface area contributed by atoms with Crippen molar-refractivity contribution >= 4 is 12.0 Å². The summed E-state index contributed by atoms with van der Waals surface area (Å²) in [5, 5.41) is 17.6. The van der Waals surface area contributed by atoms with Crippen molar-refractivity contribution in [3.05, 3.63) is 108 Å². The molecule has 4 aromatic rings. The van der Waals surface area contributed by atoms with Gasteiger partial charge in [-0.3, -0.25) is 4.79 Å². The first-order valence-corrected chi connectivity index (χ1v) is 13.4. The third-order valence-electron chi connectivity index (χ3n) is 6.47. The van der Waals surface area contributed by atoms with Gasteiger partial charge in [-0.05, 0) is 61.4 Å². The second kappa shape index (κ2) is 13.8. The van der Waals surface area contributed by atoms with Crippen LogP contribution in [0.1, 0.15) is 56.7 Å². The predicted octanol–water partition coefficient (Wildman–Crippen LogP) is 7.28. The second-order valence-electron chi connectivity index (χ2n) is 9.42. The summed E-state index contributed by atoms with van der Waals surface area (Å²) < 4.78 is 7.66. The molecule has 6 heteroatoms. The molecule has 39 heavy (non-hydrogen) atoms. The topological polar surface area (TPSA) is 79.9 Å². The fourth-order valence-electron chi connectivity index (χ4n) is 4.26. The molecule has 1 N–H and O–H groups in total. The Labute approximate surface area is 230 Å². The number of nitrogens with one attached hydrogen (secondary N) is 1. The van der Waals surface area contributed by atoms with E-state index in [0.717, 1.165) is 29.0 Å². The summed E-state index contributed by atoms with van der Waals surface area (Å²) in [6, 6.07) is 29.0. The van der Waals surface area contributed by atoms with Crippen molar-refractivity contribution in [1.29, 1.82) is 5.26 Å². The summed E-state index contributed by atoms with van der Waals surface area (Å²) in [7, 11) is 0. The van der Waals surface area contributed by atoms with Crippen LogP contribution in [-0.4, -0.2) is 22.3 Å². The number of rotatable bonds is 12. The van der Waals surface area contributed by atoms with Gasteiger partial charge in [0.1, 0.15) is 17.4 Å². The Morgan fingerprint density at radius 3 is 2.36 bits per heavy atom. The minimum Gasteiger partial charge on any atom is -0.494 e. The summed E-state index contributed by atoms with van der Waals surface area (Å²) in [5.74, 6) is 0.376. The molecule has 0 aliphatic heterocycles. The number of para-hydroxylation sites is 1. The lowest BCUT2D eigenvalue weighted by atomic mass is 10.0. The zero-order chi connectivity index (χ0) is 27.5. The highest BCUT2D eigenvalue weighted by molar-refractivity contribution is 6.02. The van der Waals surface area contributed by atoms with Gasteiger partial charge in [0.15, 0.2) is 0 Å². The fourth-order valence-corrected chi connectivity index (χ4v) is 4.26. The molecular formula is C33H34N4O2. The maximum atomic E-state index is 13.1. The average molecular weight is 519 g/mol. The van der Waals surface area contributed by atoms with Crippen LogP contribution >= 0.6 is 0 Å². The van der Waals surface area contributed by atoms with Gasteiger partial charge < -0.3 is 10.1 Å². The number of nitrogens with zero attached hydrogens (tertiary/aromatic N) is 3. The van der Waals surface area contributed by atoms with Crippen LogP contribution in [0.2, 0.25) is 0 Å². The molecule has 1 amide bonds. The van der Waals surface area contributed by atoms with Crippen LogP contribution in [0.4, 0.5) is 0 Å². The predicted molar refractivity (Wildman–Crippen MR) is 155 cm³/mol. The number of benzene rings is 3. The minimum absolute atomic E-state index is 0.0127. The van der Waals surface area contributed by atoms with Crippen LogP contribution in [-0.2, 0) is 4.79 Å². The molecule has 6 nitrogen and oxygen atoms in total. The Morgan fingerprint density at radius 1 is 1.00 bits per heavy atom. The monoisotopic (exact) mass is 518 g/mol. The van der Waals surface area contributed by atoms with Gasteiger partial charge in [-0.1, -0.05) is 74.7 Å². The molecule has 0 saturated carbocycles. The Morgan fingerprint density at radius 2 is 1.69 bits per heavy atom. The van der Waals surface area contributed by atoms with E-state index in [-0.39, 0.29) is 11.6 Å². The highest BCUT2D eigenvalue weighted by atomic mass is 16.5. The van der Waals surface area contributed by atoms with Gasteiger partial charge in [0, 0.05) is 17.3 Å². The number of carbonyl (C=O) groups is 1. The highest BCUT2D eigenvalue weighted by Gasteiger charge is 2.17. The van der Waals surface area contributed by atoms with Crippen molar-refractivity contribution in [3.8, 4) is 28.8 Å². The van der Waals surface area contributed by atoms with Crippen LogP contribution in [0.5, 0.6) is 5.75 Å². The first kappa shape index (κ1) is 27.4. The van der Waals surface area contributed by atoms with Crippen LogP contribution in [0.3, 0.4) is 0 Å². The zero-order valence-corrected chi connectivity index (χ0v) is 22.5. The number of aromatic nitrogens is 2. The van der Waals surface area contributed by atoms with Crippen molar-refractivity contribution in [3.63, 3.8) is 0 Å². The van der Waals surface area contributed by atoms with E-state index in [0.29, 0.717) is 17.9 Å². The van der Waals surface area contributed by atoms with E-state index in [2.05, 4.69) is 18.3 Å². The maximum absolute atomic E-state index is 13.1. The molecular weight excluding hydrogens is 484 g/mol. The molecule has 0 fully saturated rings. The molecule has 198 valence electrons. The molecule has 0 aliphatic carbocycles. The van der Waals surface area contributed by atoms with Crippen molar-refractivity contribution in [2.24, 2.45) is 0 Å². The van der Waals surface area contributed by atoms with Gasteiger partial charge in [0.2, 0.25) is 0 Å². The smallest absolute Gasteiger partial charge is 0.262 e. The van der Waals surface area contributed by atoms with E-state index in [9.17, 15) is 10.1 Å². The average Bonchev–Trinajstić information content (AvgIpc) is 3.41. The van der Waals surface area contributed by atoms with E-state index in [4.69, 9.17) is 9.84 Å². The number of hydrogen-bond acceptors (Lipinski definition) is 4. The van der Waals surface area contributed by atoms with Crippen molar-refractivity contribution in [2.45, 2.75) is 45.6 Å². The summed E-state index contributed by atoms with van der Waals surface area (Å²) >= 11 is 0. The Hall–Kier alpha value is -4.63. The molecule has 0 spiro atoms. The van der Waals surface area contributed by atoms with Gasteiger partial charge in [-0.25, -0.2) is 4.68 Å². The molecule has 0 bridgehead atoms. The van der Waals surface area contributed by atoms with Crippen molar-refractivity contribution < 1.29 is 9.53 Å². The quantitative estimate of drug-likeness (QED) is 0.121. The number of hydrogen-bond donors (Lipinski definition) is 1. The van der Waals surface area contributed by atoms with E-state index < -0.39 is 5.91 Å². The third-order valence-corrected chi connectivity index (χ3v) is 6.47. The standard InChI is InChI=1S/C33H34N4O2/c1-3-4-5-12-21-39-31-19-17-27(18-20-31)32-29(24-37(36-32)30-15-10-7-11-16-30)22-28(23-34)33(38)35-25(2)26-13-8-6-9-14-26/h6-11,13-20,22,24-25H,3-5,12,21H2,1-2H3,(H,35,38)/b28-22+. The van der Waals surface area contributed by atoms with Crippen molar-refractivity contribution in [1.82, 2.24) is 15.1 Å². The molecule has 0 radical (unpaired) electrons. The van der Waals surface area contributed by atoms with Crippen LogP contribution in [0, 0.1) is 11.3 Å². The number of unbranched alkanes of at least 4 members (excludes halogenated alkanes) is 3. The Kier molecular flexibility index (Phi) is 9.68. The number of ether oxygens (including phenoxy) is 1. The summed E-state index contributed by atoms with van der Waals surface area (Å²) in [6.07, 6.45) is 8.06. The number of nitriles is 1. The zero-order valence-electron chi connectivity index (χ0n) is 22.5. The van der Waals surface area contributed by atoms with E-state index in [1.54, 1.807) is 10.8 Å². The van der Waals surface area contributed by atoms with Gasteiger partial charge in [-0.15, -0.1) is 0 Å². The fraction of sp³-hybridized carbons (Fsp3) is 0.242. The van der Waals surface area contributed by atoms with E-state index in [1.807, 2.05) is 98.0 Å². The molecule has 1 unspecified atom stereocenters. The molecule has 3 aromatic carbocycles. The second-order valence-corrected chi connectivity index (χ2v) is 9.42. The van der Waals surface area contributed by atoms with Gasteiger partial charge >= 0.3 is 0 Å². The lowest BCUT2D eigenvalue weighted by Crippen LogP contribution is -2.27. The first-order valence-electron chi connectivity index (χ1n) is 13.4. The summed E-state index contributed by atoms with van der Waals surface area (Å²) in [6.45, 7) is 4.78. The largest absolute Gasteiger partial charge is 0.494 e. The van der Waals surface area contributed by atoms with E-state index in [1.165, 1.54) is 19.3 Å².